The molecule has 0 aliphatic heterocycles. The molecule has 1 aromatic heterocycles. The molecule has 16 heavy (non-hydrogen) atoms. The van der Waals surface area contributed by atoms with E-state index in [0.29, 0.717) is 0 Å². The molecule has 0 saturated heterocycles. The number of nitrogens with one attached hydrogen (secondary N) is 1. The molecule has 0 spiro atoms. The van der Waals surface area contributed by atoms with Gasteiger partial charge in [0.05, 0.1) is 19.0 Å². The van der Waals surface area contributed by atoms with Crippen molar-refractivity contribution in [2.45, 2.75) is 17.9 Å². The van der Waals surface area contributed by atoms with E-state index < -0.39 is 10.0 Å². The number of ether oxygens (including phenoxy) is 1. The number of nitrogen functional groups attached to an aromatic ring is 1. The number of sulfonamides is 1. The van der Waals surface area contributed by atoms with Crippen molar-refractivity contribution in [1.29, 1.82) is 0 Å². The molecule has 0 saturated carbocycles. The molecule has 1 heterocycles. The maximum absolute atomic E-state index is 11.7. The van der Waals surface area contributed by atoms with Gasteiger partial charge in [-0.3, -0.25) is 0 Å². The predicted octanol–water partition coefficient (Wildman–Crippen LogP) is -0.628. The summed E-state index contributed by atoms with van der Waals surface area (Å²) < 4.78 is 30.7. The molecule has 1 atom stereocenters. The highest BCUT2D eigenvalue weighted by Gasteiger charge is 2.17. The summed E-state index contributed by atoms with van der Waals surface area (Å²) in [5.74, 6) is 0.0314. The van der Waals surface area contributed by atoms with E-state index in [-0.39, 0.29) is 23.5 Å². The van der Waals surface area contributed by atoms with Gasteiger partial charge in [-0.1, -0.05) is 0 Å². The average molecular weight is 246 g/mol. The Bertz CT molecular complexity index is 431. The van der Waals surface area contributed by atoms with Crippen LogP contribution in [0.15, 0.2) is 17.3 Å². The van der Waals surface area contributed by atoms with Crippen LogP contribution in [-0.4, -0.2) is 38.1 Å². The Balaban J connectivity index is 2.82. The van der Waals surface area contributed by atoms with Gasteiger partial charge in [0.1, 0.15) is 4.90 Å². The lowest BCUT2D eigenvalue weighted by atomic mass is 10.4. The van der Waals surface area contributed by atoms with Crippen LogP contribution < -0.4 is 10.5 Å². The zero-order valence-corrected chi connectivity index (χ0v) is 9.86. The Morgan fingerprint density at radius 3 is 2.56 bits per heavy atom. The van der Waals surface area contributed by atoms with Crippen LogP contribution in [0.25, 0.3) is 0 Å². The lowest BCUT2D eigenvalue weighted by molar-refractivity contribution is 0.180. The standard InChI is InChI=1S/C8H14N4O3S/c1-6(5-15-2)12-16(13,14)7-3-10-8(9)11-4-7/h3-4,6,12H,5H2,1-2H3,(H2,9,10,11). The molecular weight excluding hydrogens is 232 g/mol. The van der Waals surface area contributed by atoms with Crippen LogP contribution in [0, 0.1) is 0 Å². The van der Waals surface area contributed by atoms with Gasteiger partial charge in [0.15, 0.2) is 0 Å². The van der Waals surface area contributed by atoms with Crippen LogP contribution in [0.1, 0.15) is 6.92 Å². The van der Waals surface area contributed by atoms with Gasteiger partial charge in [-0.2, -0.15) is 0 Å². The van der Waals surface area contributed by atoms with Crippen molar-refractivity contribution in [1.82, 2.24) is 14.7 Å². The first-order valence-electron chi connectivity index (χ1n) is 4.54. The van der Waals surface area contributed by atoms with Gasteiger partial charge < -0.3 is 10.5 Å². The van der Waals surface area contributed by atoms with E-state index in [1.165, 1.54) is 7.11 Å². The highest BCUT2D eigenvalue weighted by Crippen LogP contribution is 2.06. The van der Waals surface area contributed by atoms with Crippen LogP contribution in [0.3, 0.4) is 0 Å². The highest BCUT2D eigenvalue weighted by atomic mass is 32.2. The summed E-state index contributed by atoms with van der Waals surface area (Å²) in [5, 5.41) is 0. The molecule has 1 unspecified atom stereocenters. The molecule has 1 rings (SSSR count). The van der Waals surface area contributed by atoms with Crippen molar-refractivity contribution in [2.24, 2.45) is 0 Å². The van der Waals surface area contributed by atoms with Gasteiger partial charge in [0.2, 0.25) is 16.0 Å². The van der Waals surface area contributed by atoms with E-state index in [9.17, 15) is 8.42 Å². The molecule has 7 nitrogen and oxygen atoms in total. The molecular formula is C8H14N4O3S. The molecule has 0 aliphatic carbocycles. The van der Waals surface area contributed by atoms with Crippen LogP contribution in [0.2, 0.25) is 0 Å². The fraction of sp³-hybridized carbons (Fsp3) is 0.500. The summed E-state index contributed by atoms with van der Waals surface area (Å²) in [4.78, 5) is 7.21. The van der Waals surface area contributed by atoms with Crippen LogP contribution in [0.5, 0.6) is 0 Å². The molecule has 0 bridgehead atoms. The Hall–Kier alpha value is -1.25. The minimum absolute atomic E-state index is 0.0235. The van der Waals surface area contributed by atoms with Crippen molar-refractivity contribution >= 4 is 16.0 Å². The first-order valence-corrected chi connectivity index (χ1v) is 6.03. The summed E-state index contributed by atoms with van der Waals surface area (Å²) in [6.45, 7) is 1.98. The number of rotatable bonds is 5. The summed E-state index contributed by atoms with van der Waals surface area (Å²) in [6, 6.07) is -0.326. The van der Waals surface area contributed by atoms with E-state index in [0.717, 1.165) is 12.4 Å². The summed E-state index contributed by atoms with van der Waals surface area (Å²) in [6.07, 6.45) is 2.31. The number of nitrogens with zero attached hydrogens (tertiary/aromatic N) is 2. The van der Waals surface area contributed by atoms with Gasteiger partial charge in [0, 0.05) is 13.2 Å². The molecule has 0 amide bonds. The van der Waals surface area contributed by atoms with Crippen molar-refractivity contribution in [3.05, 3.63) is 12.4 Å². The van der Waals surface area contributed by atoms with Crippen LogP contribution in [0.4, 0.5) is 5.95 Å². The average Bonchev–Trinajstić information content (AvgIpc) is 2.17. The van der Waals surface area contributed by atoms with E-state index in [1.807, 2.05) is 0 Å². The maximum atomic E-state index is 11.7. The largest absolute Gasteiger partial charge is 0.383 e. The SMILES string of the molecule is COCC(C)NS(=O)(=O)c1cnc(N)nc1. The second-order valence-corrected chi connectivity index (χ2v) is 4.97. The molecule has 8 heteroatoms. The van der Waals surface area contributed by atoms with Gasteiger partial charge in [-0.25, -0.2) is 23.1 Å². The lowest BCUT2D eigenvalue weighted by Gasteiger charge is -2.12. The van der Waals surface area contributed by atoms with E-state index in [2.05, 4.69) is 14.7 Å². The first-order chi connectivity index (χ1) is 7.45. The van der Waals surface area contributed by atoms with Crippen molar-refractivity contribution in [3.8, 4) is 0 Å². The number of aromatic nitrogens is 2. The van der Waals surface area contributed by atoms with Crippen molar-refractivity contribution in [3.63, 3.8) is 0 Å². The second-order valence-electron chi connectivity index (χ2n) is 3.25. The molecule has 1 aromatic rings. The topological polar surface area (TPSA) is 107 Å². The Kier molecular flexibility index (Phi) is 4.16. The maximum Gasteiger partial charge on any atom is 0.243 e. The number of hydrogen-bond acceptors (Lipinski definition) is 6. The zero-order valence-electron chi connectivity index (χ0n) is 9.04. The van der Waals surface area contributed by atoms with E-state index in [4.69, 9.17) is 10.5 Å². The minimum atomic E-state index is -3.61. The summed E-state index contributed by atoms with van der Waals surface area (Å²) >= 11 is 0. The van der Waals surface area contributed by atoms with Crippen LogP contribution in [-0.2, 0) is 14.8 Å². The minimum Gasteiger partial charge on any atom is -0.383 e. The normalized spacial score (nSPS) is 13.6. The predicted molar refractivity (Wildman–Crippen MR) is 58.1 cm³/mol. The summed E-state index contributed by atoms with van der Waals surface area (Å²) in [5.41, 5.74) is 5.26. The van der Waals surface area contributed by atoms with Crippen molar-refractivity contribution < 1.29 is 13.2 Å². The fourth-order valence-electron chi connectivity index (χ4n) is 1.08. The Morgan fingerprint density at radius 2 is 2.06 bits per heavy atom. The first kappa shape index (κ1) is 12.8. The monoisotopic (exact) mass is 246 g/mol. The Morgan fingerprint density at radius 1 is 1.50 bits per heavy atom. The second kappa shape index (κ2) is 5.19. The Labute approximate surface area is 94.1 Å². The molecule has 3 N–H and O–H groups in total. The fourth-order valence-corrected chi connectivity index (χ4v) is 2.20. The molecule has 90 valence electrons. The smallest absolute Gasteiger partial charge is 0.243 e. The molecule has 0 aliphatic rings. The molecule has 0 fully saturated rings. The van der Waals surface area contributed by atoms with E-state index in [1.54, 1.807) is 6.92 Å². The third-order valence-corrected chi connectivity index (χ3v) is 3.28. The lowest BCUT2D eigenvalue weighted by Crippen LogP contribution is -2.35. The summed E-state index contributed by atoms with van der Waals surface area (Å²) in [7, 11) is -2.11. The quantitative estimate of drug-likeness (QED) is 0.716. The van der Waals surface area contributed by atoms with Gasteiger partial charge in [0.25, 0.3) is 0 Å². The third-order valence-electron chi connectivity index (χ3n) is 1.73. The third kappa shape index (κ3) is 3.40. The van der Waals surface area contributed by atoms with E-state index >= 15 is 0 Å². The molecule has 0 aromatic carbocycles. The van der Waals surface area contributed by atoms with Gasteiger partial charge in [-0.15, -0.1) is 0 Å². The number of anilines is 1. The number of hydrogen-bond donors (Lipinski definition) is 2. The van der Waals surface area contributed by atoms with Crippen LogP contribution >= 0.6 is 0 Å². The molecule has 0 radical (unpaired) electrons. The van der Waals surface area contributed by atoms with Gasteiger partial charge in [-0.05, 0) is 6.92 Å². The zero-order chi connectivity index (χ0) is 12.2. The van der Waals surface area contributed by atoms with Crippen molar-refractivity contribution in [2.75, 3.05) is 19.5 Å². The number of methoxy groups -OCH3 is 1. The van der Waals surface area contributed by atoms with Gasteiger partial charge >= 0.3 is 0 Å². The highest BCUT2D eigenvalue weighted by molar-refractivity contribution is 7.89. The number of nitrogens with two attached hydrogens (primary N) is 1.